The van der Waals surface area contributed by atoms with E-state index < -0.39 is 5.41 Å². The number of hydrogen-bond acceptors (Lipinski definition) is 2. The Kier molecular flexibility index (Phi) is 4.26. The van der Waals surface area contributed by atoms with Gasteiger partial charge in [0, 0.05) is 17.6 Å². The number of nitrogens with one attached hydrogen (secondary N) is 1. The summed E-state index contributed by atoms with van der Waals surface area (Å²) in [6.45, 7) is 3.73. The van der Waals surface area contributed by atoms with Crippen LogP contribution in [-0.2, 0) is 9.59 Å². The van der Waals surface area contributed by atoms with Crippen LogP contribution >= 0.6 is 15.9 Å². The highest BCUT2D eigenvalue weighted by Gasteiger charge is 2.58. The van der Waals surface area contributed by atoms with Crippen molar-refractivity contribution in [1.82, 2.24) is 4.90 Å². The number of rotatable bonds is 3. The number of amides is 2. The molecular weight excluding hydrogens is 344 g/mol. The molecule has 1 saturated carbocycles. The molecule has 1 aliphatic carbocycles. The van der Waals surface area contributed by atoms with Gasteiger partial charge in [-0.1, -0.05) is 19.1 Å². The number of nitrogens with zero attached hydrogens (tertiary/aromatic N) is 1. The first-order valence-corrected chi connectivity index (χ1v) is 8.67. The molecule has 1 atom stereocenters. The summed E-state index contributed by atoms with van der Waals surface area (Å²) < 4.78 is 0.832. The molecule has 1 unspecified atom stereocenters. The summed E-state index contributed by atoms with van der Waals surface area (Å²) in [4.78, 5) is 27.3. The van der Waals surface area contributed by atoms with E-state index in [0.717, 1.165) is 29.7 Å². The third kappa shape index (κ3) is 2.91. The van der Waals surface area contributed by atoms with Crippen LogP contribution in [0, 0.1) is 11.3 Å². The molecule has 1 N–H and O–H groups in total. The van der Waals surface area contributed by atoms with Crippen molar-refractivity contribution >= 4 is 33.4 Å². The van der Waals surface area contributed by atoms with Gasteiger partial charge in [-0.25, -0.2) is 0 Å². The van der Waals surface area contributed by atoms with Crippen molar-refractivity contribution in [3.63, 3.8) is 0 Å². The van der Waals surface area contributed by atoms with E-state index in [-0.39, 0.29) is 11.8 Å². The molecular formula is C17H21BrN2O2. The van der Waals surface area contributed by atoms with Crippen LogP contribution in [-0.4, -0.2) is 29.8 Å². The second-order valence-corrected chi connectivity index (χ2v) is 7.37. The van der Waals surface area contributed by atoms with Gasteiger partial charge in [0.05, 0.1) is 5.69 Å². The van der Waals surface area contributed by atoms with Gasteiger partial charge in [0.15, 0.2) is 0 Å². The highest BCUT2D eigenvalue weighted by Crippen LogP contribution is 2.48. The Labute approximate surface area is 139 Å². The van der Waals surface area contributed by atoms with Crippen LogP contribution in [0.4, 0.5) is 5.69 Å². The molecule has 1 aromatic rings. The van der Waals surface area contributed by atoms with Crippen molar-refractivity contribution in [2.45, 2.75) is 32.6 Å². The average Bonchev–Trinajstić information content (AvgIpc) is 3.30. The lowest BCUT2D eigenvalue weighted by Crippen LogP contribution is -2.46. The van der Waals surface area contributed by atoms with Crippen LogP contribution in [0.25, 0.3) is 0 Å². The van der Waals surface area contributed by atoms with E-state index in [1.165, 1.54) is 6.42 Å². The van der Waals surface area contributed by atoms with Crippen LogP contribution in [0.2, 0.25) is 0 Å². The maximum atomic E-state index is 12.8. The molecule has 1 aliphatic heterocycles. The Morgan fingerprint density at radius 3 is 2.68 bits per heavy atom. The number of para-hydroxylation sites is 1. The SMILES string of the molecule is CC1CCCN(C(=O)C2(C(=O)Nc3ccccc3Br)CC2)C1. The third-order valence-electron chi connectivity index (χ3n) is 4.66. The first-order chi connectivity index (χ1) is 10.5. The quantitative estimate of drug-likeness (QED) is 0.835. The van der Waals surface area contributed by atoms with Gasteiger partial charge in [-0.05, 0) is 59.7 Å². The largest absolute Gasteiger partial charge is 0.342 e. The van der Waals surface area contributed by atoms with Crippen molar-refractivity contribution in [3.8, 4) is 0 Å². The predicted molar refractivity (Wildman–Crippen MR) is 89.4 cm³/mol. The Morgan fingerprint density at radius 2 is 2.05 bits per heavy atom. The molecule has 0 aromatic heterocycles. The molecule has 22 heavy (non-hydrogen) atoms. The molecule has 0 bridgehead atoms. The monoisotopic (exact) mass is 364 g/mol. The summed E-state index contributed by atoms with van der Waals surface area (Å²) in [7, 11) is 0. The number of likely N-dealkylation sites (tertiary alicyclic amines) is 1. The van der Waals surface area contributed by atoms with Gasteiger partial charge in [0.1, 0.15) is 5.41 Å². The smallest absolute Gasteiger partial charge is 0.240 e. The highest BCUT2D eigenvalue weighted by molar-refractivity contribution is 9.10. The average molecular weight is 365 g/mol. The number of halogens is 1. The zero-order valence-corrected chi connectivity index (χ0v) is 14.4. The topological polar surface area (TPSA) is 49.4 Å². The number of carbonyl (C=O) groups is 2. The normalized spacial score (nSPS) is 23.0. The second kappa shape index (κ2) is 6.03. The molecule has 0 spiro atoms. The van der Waals surface area contributed by atoms with E-state index in [2.05, 4.69) is 28.2 Å². The van der Waals surface area contributed by atoms with Crippen LogP contribution in [0.3, 0.4) is 0 Å². The van der Waals surface area contributed by atoms with Crippen LogP contribution in [0.1, 0.15) is 32.6 Å². The fraction of sp³-hybridized carbons (Fsp3) is 0.529. The first kappa shape index (κ1) is 15.5. The van der Waals surface area contributed by atoms with E-state index in [1.54, 1.807) is 0 Å². The van der Waals surface area contributed by atoms with Gasteiger partial charge >= 0.3 is 0 Å². The highest BCUT2D eigenvalue weighted by atomic mass is 79.9. The fourth-order valence-electron chi connectivity index (χ4n) is 3.14. The minimum atomic E-state index is -0.827. The van der Waals surface area contributed by atoms with Crippen molar-refractivity contribution in [3.05, 3.63) is 28.7 Å². The zero-order valence-electron chi connectivity index (χ0n) is 12.8. The molecule has 2 amide bonds. The van der Waals surface area contributed by atoms with Crippen molar-refractivity contribution < 1.29 is 9.59 Å². The molecule has 1 heterocycles. The molecule has 4 nitrogen and oxygen atoms in total. The van der Waals surface area contributed by atoms with E-state index in [1.807, 2.05) is 29.2 Å². The standard InChI is InChI=1S/C17H21BrN2O2/c1-12-5-4-10-20(11-12)16(22)17(8-9-17)15(21)19-14-7-3-2-6-13(14)18/h2-3,6-7,12H,4-5,8-11H2,1H3,(H,19,21). The minimum absolute atomic E-state index is 0.0172. The molecule has 3 rings (SSSR count). The number of anilines is 1. The number of piperidine rings is 1. The maximum absolute atomic E-state index is 12.8. The third-order valence-corrected chi connectivity index (χ3v) is 5.35. The fourth-order valence-corrected chi connectivity index (χ4v) is 3.53. The van der Waals surface area contributed by atoms with Crippen molar-refractivity contribution in [1.29, 1.82) is 0 Å². The van der Waals surface area contributed by atoms with Gasteiger partial charge in [-0.3, -0.25) is 9.59 Å². The number of carbonyl (C=O) groups excluding carboxylic acids is 2. The molecule has 2 aliphatic rings. The summed E-state index contributed by atoms with van der Waals surface area (Å²) in [6.07, 6.45) is 3.52. The van der Waals surface area contributed by atoms with Crippen LogP contribution in [0.15, 0.2) is 28.7 Å². The summed E-state index contributed by atoms with van der Waals surface area (Å²) >= 11 is 3.42. The summed E-state index contributed by atoms with van der Waals surface area (Å²) in [6, 6.07) is 7.48. The minimum Gasteiger partial charge on any atom is -0.342 e. The van der Waals surface area contributed by atoms with Gasteiger partial charge in [0.25, 0.3) is 0 Å². The molecule has 1 aromatic carbocycles. The van der Waals surface area contributed by atoms with Crippen molar-refractivity contribution in [2.24, 2.45) is 11.3 Å². The molecule has 1 saturated heterocycles. The summed E-state index contributed by atoms with van der Waals surface area (Å²) in [5.41, 5.74) is -0.106. The first-order valence-electron chi connectivity index (χ1n) is 7.88. The van der Waals surface area contributed by atoms with Crippen LogP contribution in [0.5, 0.6) is 0 Å². The lowest BCUT2D eigenvalue weighted by molar-refractivity contribution is -0.143. The Balaban J connectivity index is 1.71. The zero-order chi connectivity index (χ0) is 15.7. The molecule has 0 radical (unpaired) electrons. The van der Waals surface area contributed by atoms with Gasteiger partial charge < -0.3 is 10.2 Å². The van der Waals surface area contributed by atoms with Gasteiger partial charge in [0.2, 0.25) is 11.8 Å². The van der Waals surface area contributed by atoms with E-state index in [0.29, 0.717) is 18.8 Å². The number of benzene rings is 1. The summed E-state index contributed by atoms with van der Waals surface area (Å²) in [5, 5.41) is 2.91. The second-order valence-electron chi connectivity index (χ2n) is 6.51. The Bertz CT molecular complexity index is 598. The van der Waals surface area contributed by atoms with E-state index in [9.17, 15) is 9.59 Å². The Morgan fingerprint density at radius 1 is 1.32 bits per heavy atom. The number of hydrogen-bond donors (Lipinski definition) is 1. The van der Waals surface area contributed by atoms with E-state index >= 15 is 0 Å². The van der Waals surface area contributed by atoms with Gasteiger partial charge in [-0.2, -0.15) is 0 Å². The lowest BCUT2D eigenvalue weighted by Gasteiger charge is -2.33. The molecule has 2 fully saturated rings. The Hall–Kier alpha value is -1.36. The predicted octanol–water partition coefficient (Wildman–Crippen LogP) is 3.43. The molecule has 118 valence electrons. The summed E-state index contributed by atoms with van der Waals surface area (Å²) in [5.74, 6) is 0.381. The van der Waals surface area contributed by atoms with E-state index in [4.69, 9.17) is 0 Å². The van der Waals surface area contributed by atoms with Crippen LogP contribution < -0.4 is 5.32 Å². The maximum Gasteiger partial charge on any atom is 0.240 e. The van der Waals surface area contributed by atoms with Gasteiger partial charge in [-0.15, -0.1) is 0 Å². The lowest BCUT2D eigenvalue weighted by atomic mass is 9.96. The van der Waals surface area contributed by atoms with Crippen molar-refractivity contribution in [2.75, 3.05) is 18.4 Å². The molecule has 5 heteroatoms.